The van der Waals surface area contributed by atoms with Crippen LogP contribution in [0.15, 0.2) is 17.8 Å². The van der Waals surface area contributed by atoms with Gasteiger partial charge in [0.2, 0.25) is 0 Å². The Morgan fingerprint density at radius 1 is 0.955 bits per heavy atom. The average Bonchev–Trinajstić information content (AvgIpc) is 2.72. The second-order valence-corrected chi connectivity index (χ2v) is 5.05. The Morgan fingerprint density at radius 3 is 1.95 bits per heavy atom. The number of hydrogen-bond donors (Lipinski definition) is 0. The van der Waals surface area contributed by atoms with Crippen LogP contribution in [0, 0.1) is 0 Å². The zero-order chi connectivity index (χ0) is 16.4. The molecule has 0 aliphatic carbocycles. The topological polar surface area (TPSA) is 51.2 Å². The molecule has 1 fully saturated rings. The Morgan fingerprint density at radius 2 is 1.50 bits per heavy atom. The van der Waals surface area contributed by atoms with E-state index >= 15 is 0 Å². The molecule has 7 heteroatoms. The van der Waals surface area contributed by atoms with Crippen LogP contribution in [-0.2, 0) is 4.79 Å². The minimum Gasteiger partial charge on any atom is -0.496 e. The van der Waals surface area contributed by atoms with Crippen LogP contribution < -0.4 is 14.2 Å². The van der Waals surface area contributed by atoms with Gasteiger partial charge in [-0.2, -0.15) is 0 Å². The van der Waals surface area contributed by atoms with Crippen molar-refractivity contribution in [3.63, 3.8) is 0 Å². The van der Waals surface area contributed by atoms with Crippen molar-refractivity contribution in [3.05, 3.63) is 23.4 Å². The molecule has 0 radical (unpaired) electrons. The molecule has 1 amide bonds. The summed E-state index contributed by atoms with van der Waals surface area (Å²) in [5.74, 6) is 1.52. The summed E-state index contributed by atoms with van der Waals surface area (Å²) in [6, 6.07) is 3.47. The van der Waals surface area contributed by atoms with Crippen molar-refractivity contribution in [1.82, 2.24) is 9.80 Å². The van der Waals surface area contributed by atoms with Gasteiger partial charge in [-0.3, -0.25) is 9.69 Å². The van der Waals surface area contributed by atoms with Gasteiger partial charge in [0.1, 0.15) is 11.4 Å². The molecule has 0 atom stereocenters. The molecule has 0 spiro atoms. The summed E-state index contributed by atoms with van der Waals surface area (Å²) in [5.41, 5.74) is 1.17. The fourth-order valence-electron chi connectivity index (χ4n) is 2.20. The first-order chi connectivity index (χ1) is 10.4. The molecule has 0 N–H and O–H groups in total. The maximum absolute atomic E-state index is 12.2. The van der Waals surface area contributed by atoms with Gasteiger partial charge in [-0.05, 0) is 24.4 Å². The van der Waals surface area contributed by atoms with Gasteiger partial charge in [0.15, 0.2) is 16.6 Å². The van der Waals surface area contributed by atoms with Crippen molar-refractivity contribution >= 4 is 29.3 Å². The summed E-state index contributed by atoms with van der Waals surface area (Å²) in [7, 11) is 8.06. The van der Waals surface area contributed by atoms with Crippen molar-refractivity contribution in [3.8, 4) is 17.2 Å². The largest absolute Gasteiger partial charge is 0.496 e. The van der Waals surface area contributed by atoms with E-state index in [1.165, 1.54) is 4.90 Å². The summed E-state index contributed by atoms with van der Waals surface area (Å²) in [6.45, 7) is 0. The molecule has 1 aromatic rings. The second-order valence-electron chi connectivity index (χ2n) is 4.68. The molecule has 0 saturated carbocycles. The molecule has 1 saturated heterocycles. The van der Waals surface area contributed by atoms with E-state index in [2.05, 4.69) is 0 Å². The van der Waals surface area contributed by atoms with Crippen LogP contribution in [0.5, 0.6) is 17.2 Å². The van der Waals surface area contributed by atoms with Crippen LogP contribution >= 0.6 is 12.2 Å². The molecule has 1 heterocycles. The van der Waals surface area contributed by atoms with E-state index in [0.29, 0.717) is 33.6 Å². The lowest BCUT2D eigenvalue weighted by Crippen LogP contribution is -2.26. The molecule has 22 heavy (non-hydrogen) atoms. The van der Waals surface area contributed by atoms with E-state index in [-0.39, 0.29) is 5.91 Å². The fraction of sp³-hybridized carbons (Fsp3) is 0.333. The first kappa shape index (κ1) is 16.1. The molecular weight excluding hydrogens is 304 g/mol. The molecular formula is C15H18N2O4S. The third-order valence-electron chi connectivity index (χ3n) is 3.49. The molecule has 118 valence electrons. The molecule has 1 aromatic carbocycles. The minimum atomic E-state index is -0.163. The van der Waals surface area contributed by atoms with Crippen molar-refractivity contribution < 1.29 is 19.0 Å². The highest BCUT2D eigenvalue weighted by atomic mass is 32.1. The van der Waals surface area contributed by atoms with Gasteiger partial charge in [-0.15, -0.1) is 0 Å². The van der Waals surface area contributed by atoms with Gasteiger partial charge >= 0.3 is 0 Å². The van der Waals surface area contributed by atoms with Gasteiger partial charge in [0.05, 0.1) is 21.3 Å². The first-order valence-corrected chi connectivity index (χ1v) is 6.92. The Hall–Kier alpha value is -2.28. The van der Waals surface area contributed by atoms with Crippen LogP contribution in [0.3, 0.4) is 0 Å². The second kappa shape index (κ2) is 6.23. The highest BCUT2D eigenvalue weighted by Crippen LogP contribution is 2.36. The average molecular weight is 322 g/mol. The summed E-state index contributed by atoms with van der Waals surface area (Å²) < 4.78 is 15.9. The van der Waals surface area contributed by atoms with Gasteiger partial charge in [-0.1, -0.05) is 0 Å². The molecule has 1 aliphatic rings. The predicted octanol–water partition coefficient (Wildman–Crippen LogP) is 1.74. The minimum absolute atomic E-state index is 0.163. The number of rotatable bonds is 4. The number of likely N-dealkylation sites (N-methyl/N-ethyl adjacent to an activating group) is 2. The lowest BCUT2D eigenvalue weighted by molar-refractivity contribution is -0.121. The predicted molar refractivity (Wildman–Crippen MR) is 87.2 cm³/mol. The van der Waals surface area contributed by atoms with Gasteiger partial charge in [0.25, 0.3) is 5.91 Å². The number of benzene rings is 1. The number of hydrogen-bond acceptors (Lipinski definition) is 5. The van der Waals surface area contributed by atoms with Crippen LogP contribution in [0.4, 0.5) is 0 Å². The Kier molecular flexibility index (Phi) is 4.56. The molecule has 1 aliphatic heterocycles. The van der Waals surface area contributed by atoms with Gasteiger partial charge < -0.3 is 19.1 Å². The highest BCUT2D eigenvalue weighted by Gasteiger charge is 2.33. The summed E-state index contributed by atoms with van der Waals surface area (Å²) in [5, 5.41) is 0.454. The molecule has 0 bridgehead atoms. The first-order valence-electron chi connectivity index (χ1n) is 6.52. The SMILES string of the molecule is COc1cc(OC)c(OC)cc1/C=C1/C(=O)N(C)C(=S)N1C. The van der Waals surface area contributed by atoms with Crippen LogP contribution in [0.1, 0.15) is 5.56 Å². The van der Waals surface area contributed by atoms with E-state index in [1.54, 1.807) is 58.5 Å². The van der Waals surface area contributed by atoms with E-state index in [0.717, 1.165) is 0 Å². The van der Waals surface area contributed by atoms with E-state index < -0.39 is 0 Å². The third-order valence-corrected chi connectivity index (χ3v) is 4.03. The summed E-state index contributed by atoms with van der Waals surface area (Å²) >= 11 is 5.20. The number of amides is 1. The summed E-state index contributed by atoms with van der Waals surface area (Å²) in [4.78, 5) is 15.3. The number of ether oxygens (including phenoxy) is 3. The van der Waals surface area contributed by atoms with Crippen LogP contribution in [-0.4, -0.2) is 56.2 Å². The number of thiocarbonyl (C=S) groups is 1. The molecule has 0 unspecified atom stereocenters. The Balaban J connectivity index is 2.55. The maximum Gasteiger partial charge on any atom is 0.276 e. The standard InChI is InChI=1S/C15H18N2O4S/c1-16-10(14(18)17(2)15(16)22)6-9-7-12(20-4)13(21-5)8-11(9)19-3/h6-8H,1-5H3/b10-6-. The molecule has 6 nitrogen and oxygen atoms in total. The zero-order valence-corrected chi connectivity index (χ0v) is 14.0. The van der Waals surface area contributed by atoms with Gasteiger partial charge in [0, 0.05) is 25.7 Å². The number of carbonyl (C=O) groups excluding carboxylic acids is 1. The van der Waals surface area contributed by atoms with Crippen LogP contribution in [0.25, 0.3) is 6.08 Å². The van der Waals surface area contributed by atoms with Crippen LogP contribution in [0.2, 0.25) is 0 Å². The lowest BCUT2D eigenvalue weighted by Gasteiger charge is -2.14. The Bertz CT molecular complexity index is 657. The number of methoxy groups -OCH3 is 3. The third kappa shape index (κ3) is 2.59. The molecule has 0 aromatic heterocycles. The van der Waals surface area contributed by atoms with Crippen molar-refractivity contribution in [2.45, 2.75) is 0 Å². The van der Waals surface area contributed by atoms with Crippen molar-refractivity contribution in [1.29, 1.82) is 0 Å². The monoisotopic (exact) mass is 322 g/mol. The Labute approximate surface area is 134 Å². The normalized spacial score (nSPS) is 16.5. The van der Waals surface area contributed by atoms with Crippen molar-refractivity contribution in [2.75, 3.05) is 35.4 Å². The van der Waals surface area contributed by atoms with Gasteiger partial charge in [-0.25, -0.2) is 0 Å². The quantitative estimate of drug-likeness (QED) is 0.622. The van der Waals surface area contributed by atoms with Crippen molar-refractivity contribution in [2.24, 2.45) is 0 Å². The van der Waals surface area contributed by atoms with E-state index in [1.807, 2.05) is 0 Å². The molecule has 2 rings (SSSR count). The zero-order valence-electron chi connectivity index (χ0n) is 13.2. The fourth-order valence-corrected chi connectivity index (χ4v) is 2.38. The number of nitrogens with zero attached hydrogens (tertiary/aromatic N) is 2. The maximum atomic E-state index is 12.2. The highest BCUT2D eigenvalue weighted by molar-refractivity contribution is 7.80. The smallest absolute Gasteiger partial charge is 0.276 e. The lowest BCUT2D eigenvalue weighted by atomic mass is 10.1. The summed E-state index contributed by atoms with van der Waals surface area (Å²) in [6.07, 6.45) is 1.72. The number of carbonyl (C=O) groups is 1. The van der Waals surface area contributed by atoms with E-state index in [9.17, 15) is 4.79 Å². The van der Waals surface area contributed by atoms with E-state index in [4.69, 9.17) is 26.4 Å².